The van der Waals surface area contributed by atoms with E-state index >= 15 is 0 Å². The van der Waals surface area contributed by atoms with Crippen LogP contribution in [0.4, 0.5) is 5.82 Å². The van der Waals surface area contributed by atoms with Crippen LogP contribution in [0.15, 0.2) is 77.8 Å². The number of carbonyl (C=O) groups excluding carboxylic acids is 1. The summed E-state index contributed by atoms with van der Waals surface area (Å²) in [7, 11) is -2.63. The third kappa shape index (κ3) is 4.04. The number of hydrogen-bond acceptors (Lipinski definition) is 5. The van der Waals surface area contributed by atoms with Gasteiger partial charge in [-0.25, -0.2) is 22.5 Å². The lowest BCUT2D eigenvalue weighted by Crippen LogP contribution is -2.32. The predicted octanol–water partition coefficient (Wildman–Crippen LogP) is 3.57. The van der Waals surface area contributed by atoms with Crippen LogP contribution in [0.25, 0.3) is 0 Å². The van der Waals surface area contributed by atoms with Crippen molar-refractivity contribution in [1.82, 2.24) is 4.98 Å². The summed E-state index contributed by atoms with van der Waals surface area (Å²) in [5.41, 5.74) is 1.86. The molecule has 0 bridgehead atoms. The van der Waals surface area contributed by atoms with Gasteiger partial charge in [-0.3, -0.25) is 0 Å². The van der Waals surface area contributed by atoms with E-state index in [1.807, 2.05) is 43.3 Å². The van der Waals surface area contributed by atoms with Gasteiger partial charge in [0.25, 0.3) is 10.0 Å². The molecule has 1 aromatic heterocycles. The van der Waals surface area contributed by atoms with E-state index in [4.69, 9.17) is 0 Å². The number of methoxy groups -OCH3 is 1. The molecule has 0 aliphatic heterocycles. The van der Waals surface area contributed by atoms with Crippen LogP contribution in [0, 0.1) is 6.92 Å². The molecule has 1 heterocycles. The zero-order chi connectivity index (χ0) is 20.1. The highest BCUT2D eigenvalue weighted by Crippen LogP contribution is 2.27. The Kier molecular flexibility index (Phi) is 5.75. The van der Waals surface area contributed by atoms with Gasteiger partial charge in [0.05, 0.1) is 24.1 Å². The molecular weight excluding hydrogens is 376 g/mol. The van der Waals surface area contributed by atoms with E-state index in [1.165, 1.54) is 35.7 Å². The van der Waals surface area contributed by atoms with Gasteiger partial charge in [0.1, 0.15) is 5.82 Å². The van der Waals surface area contributed by atoms with Crippen LogP contribution in [-0.4, -0.2) is 26.5 Å². The van der Waals surface area contributed by atoms with E-state index in [-0.39, 0.29) is 17.0 Å². The number of aromatic nitrogens is 1. The average molecular weight is 396 g/mol. The van der Waals surface area contributed by atoms with Gasteiger partial charge in [0, 0.05) is 6.20 Å². The van der Waals surface area contributed by atoms with Crippen molar-refractivity contribution >= 4 is 21.8 Å². The maximum atomic E-state index is 13.4. The van der Waals surface area contributed by atoms with Crippen LogP contribution < -0.4 is 4.31 Å². The van der Waals surface area contributed by atoms with Crippen LogP contribution >= 0.6 is 0 Å². The molecule has 0 unspecified atom stereocenters. The second-order valence-corrected chi connectivity index (χ2v) is 8.02. The molecule has 0 radical (unpaired) electrons. The van der Waals surface area contributed by atoms with Gasteiger partial charge in [-0.2, -0.15) is 0 Å². The van der Waals surface area contributed by atoms with E-state index in [0.29, 0.717) is 5.82 Å². The normalized spacial score (nSPS) is 11.1. The van der Waals surface area contributed by atoms with Crippen molar-refractivity contribution in [3.63, 3.8) is 0 Å². The number of aryl methyl sites for hydroxylation is 1. The highest BCUT2D eigenvalue weighted by atomic mass is 32.2. The summed E-state index contributed by atoms with van der Waals surface area (Å²) in [4.78, 5) is 16.0. The van der Waals surface area contributed by atoms with Gasteiger partial charge < -0.3 is 4.74 Å². The standard InChI is InChI=1S/C21H20N2O4S/c1-16-7-6-14-22-20(16)23(15-17-8-4-3-5-9-17)28(25,26)19-12-10-18(11-13-19)21(24)27-2/h3-14H,15H2,1-2H3. The Morgan fingerprint density at radius 1 is 1.00 bits per heavy atom. The lowest BCUT2D eigenvalue weighted by molar-refractivity contribution is 0.0600. The molecule has 0 spiro atoms. The second-order valence-electron chi connectivity index (χ2n) is 6.16. The highest BCUT2D eigenvalue weighted by molar-refractivity contribution is 7.92. The Morgan fingerprint density at radius 3 is 2.29 bits per heavy atom. The number of anilines is 1. The van der Waals surface area contributed by atoms with Gasteiger partial charge >= 0.3 is 5.97 Å². The minimum absolute atomic E-state index is 0.0705. The summed E-state index contributed by atoms with van der Waals surface area (Å²) in [5, 5.41) is 0. The van der Waals surface area contributed by atoms with E-state index in [1.54, 1.807) is 12.3 Å². The molecule has 0 saturated carbocycles. The largest absolute Gasteiger partial charge is 0.465 e. The van der Waals surface area contributed by atoms with Crippen molar-refractivity contribution in [1.29, 1.82) is 0 Å². The minimum atomic E-state index is -3.91. The van der Waals surface area contributed by atoms with Crippen LogP contribution in [0.5, 0.6) is 0 Å². The first-order valence-corrected chi connectivity index (χ1v) is 10.0. The lowest BCUT2D eigenvalue weighted by atomic mass is 10.2. The Morgan fingerprint density at radius 2 is 1.68 bits per heavy atom. The molecule has 3 aromatic rings. The summed E-state index contributed by atoms with van der Waals surface area (Å²) < 4.78 is 32.8. The number of nitrogens with zero attached hydrogens (tertiary/aromatic N) is 2. The van der Waals surface area contributed by atoms with Gasteiger partial charge in [0.15, 0.2) is 0 Å². The molecule has 7 heteroatoms. The van der Waals surface area contributed by atoms with Crippen molar-refractivity contribution in [2.75, 3.05) is 11.4 Å². The Bertz CT molecular complexity index is 1070. The molecule has 3 rings (SSSR count). The Balaban J connectivity index is 2.05. The molecular formula is C21H20N2O4S. The third-order valence-electron chi connectivity index (χ3n) is 4.25. The topological polar surface area (TPSA) is 76.6 Å². The minimum Gasteiger partial charge on any atom is -0.465 e. The molecule has 2 aromatic carbocycles. The third-order valence-corrected chi connectivity index (χ3v) is 6.00. The fraction of sp³-hybridized carbons (Fsp3) is 0.143. The average Bonchev–Trinajstić information content (AvgIpc) is 2.73. The molecule has 6 nitrogen and oxygen atoms in total. The lowest BCUT2D eigenvalue weighted by Gasteiger charge is -2.25. The first-order valence-electron chi connectivity index (χ1n) is 8.60. The summed E-state index contributed by atoms with van der Waals surface area (Å²) in [5.74, 6) is -0.158. The zero-order valence-corrected chi connectivity index (χ0v) is 16.4. The number of rotatable bonds is 6. The summed E-state index contributed by atoms with van der Waals surface area (Å²) in [6, 6.07) is 18.6. The number of benzene rings is 2. The first kappa shape index (κ1) is 19.6. The highest BCUT2D eigenvalue weighted by Gasteiger charge is 2.27. The van der Waals surface area contributed by atoms with Crippen molar-refractivity contribution in [3.8, 4) is 0 Å². The fourth-order valence-electron chi connectivity index (χ4n) is 2.77. The van der Waals surface area contributed by atoms with Gasteiger partial charge in [0.2, 0.25) is 0 Å². The molecule has 0 atom stereocenters. The van der Waals surface area contributed by atoms with E-state index in [2.05, 4.69) is 9.72 Å². The molecule has 0 fully saturated rings. The first-order chi connectivity index (χ1) is 13.4. The van der Waals surface area contributed by atoms with Crippen molar-refractivity contribution < 1.29 is 17.9 Å². The molecule has 0 aliphatic rings. The molecule has 0 N–H and O–H groups in total. The van der Waals surface area contributed by atoms with Crippen molar-refractivity contribution in [2.24, 2.45) is 0 Å². The molecule has 144 valence electrons. The van der Waals surface area contributed by atoms with Crippen molar-refractivity contribution in [2.45, 2.75) is 18.4 Å². The van der Waals surface area contributed by atoms with E-state index < -0.39 is 16.0 Å². The van der Waals surface area contributed by atoms with E-state index in [9.17, 15) is 13.2 Å². The Labute approximate surface area is 164 Å². The number of hydrogen-bond donors (Lipinski definition) is 0. The van der Waals surface area contributed by atoms with Crippen molar-refractivity contribution in [3.05, 3.63) is 89.6 Å². The maximum absolute atomic E-state index is 13.4. The molecule has 0 saturated heterocycles. The van der Waals surface area contributed by atoms with Crippen LogP contribution in [0.2, 0.25) is 0 Å². The zero-order valence-electron chi connectivity index (χ0n) is 15.6. The molecule has 0 aliphatic carbocycles. The molecule has 28 heavy (non-hydrogen) atoms. The van der Waals surface area contributed by atoms with Crippen LogP contribution in [0.1, 0.15) is 21.5 Å². The van der Waals surface area contributed by atoms with Gasteiger partial charge in [-0.05, 0) is 48.4 Å². The Hall–Kier alpha value is -3.19. The maximum Gasteiger partial charge on any atom is 0.337 e. The number of sulfonamides is 1. The van der Waals surface area contributed by atoms with Gasteiger partial charge in [-0.1, -0.05) is 36.4 Å². The fourth-order valence-corrected chi connectivity index (χ4v) is 4.24. The molecule has 0 amide bonds. The number of ether oxygens (including phenoxy) is 1. The summed E-state index contributed by atoms with van der Waals surface area (Å²) in [6.07, 6.45) is 1.57. The quantitative estimate of drug-likeness (QED) is 0.595. The smallest absolute Gasteiger partial charge is 0.337 e. The van der Waals surface area contributed by atoms with Gasteiger partial charge in [-0.15, -0.1) is 0 Å². The van der Waals surface area contributed by atoms with E-state index in [0.717, 1.165) is 11.1 Å². The predicted molar refractivity (Wildman–Crippen MR) is 107 cm³/mol. The van der Waals surface area contributed by atoms with Crippen LogP contribution in [-0.2, 0) is 21.3 Å². The summed E-state index contributed by atoms with van der Waals surface area (Å²) in [6.45, 7) is 1.95. The SMILES string of the molecule is COC(=O)c1ccc(S(=O)(=O)N(Cc2ccccc2)c2ncccc2C)cc1. The summed E-state index contributed by atoms with van der Waals surface area (Å²) >= 11 is 0. The second kappa shape index (κ2) is 8.22. The number of carbonyl (C=O) groups is 1. The number of esters is 1. The monoisotopic (exact) mass is 396 g/mol. The van der Waals surface area contributed by atoms with Crippen LogP contribution in [0.3, 0.4) is 0 Å². The number of pyridine rings is 1.